The molecule has 1 fully saturated rings. The second kappa shape index (κ2) is 9.33. The lowest BCUT2D eigenvalue weighted by Crippen LogP contribution is -2.38. The van der Waals surface area contributed by atoms with Crippen LogP contribution in [0.2, 0.25) is 0 Å². The van der Waals surface area contributed by atoms with E-state index in [2.05, 4.69) is 0 Å². The van der Waals surface area contributed by atoms with Crippen molar-refractivity contribution in [1.29, 1.82) is 0 Å². The van der Waals surface area contributed by atoms with Crippen LogP contribution in [0.25, 0.3) is 0 Å². The van der Waals surface area contributed by atoms with Gasteiger partial charge in [-0.2, -0.15) is 0 Å². The number of hydrogen-bond acceptors (Lipinski definition) is 3. The summed E-state index contributed by atoms with van der Waals surface area (Å²) < 4.78 is 0. The minimum Gasteiger partial charge on any atom is -0.338 e. The van der Waals surface area contributed by atoms with Crippen LogP contribution in [0.4, 0.5) is 0 Å². The van der Waals surface area contributed by atoms with Gasteiger partial charge >= 0.3 is 0 Å². The molecule has 0 bridgehead atoms. The van der Waals surface area contributed by atoms with Gasteiger partial charge in [-0.05, 0) is 24.1 Å². The number of carbonyl (C=O) groups is 2. The lowest BCUT2D eigenvalue weighted by Gasteiger charge is -2.26. The number of carbonyl (C=O) groups excluding carboxylic acids is 2. The van der Waals surface area contributed by atoms with Gasteiger partial charge in [-0.15, -0.1) is 0 Å². The highest BCUT2D eigenvalue weighted by Gasteiger charge is 2.36. The topological polar surface area (TPSA) is 66.6 Å². The first kappa shape index (κ1) is 19.1. The molecule has 2 aromatic carbocycles. The van der Waals surface area contributed by atoms with E-state index in [1.165, 1.54) is 0 Å². The fourth-order valence-corrected chi connectivity index (χ4v) is 3.51. The van der Waals surface area contributed by atoms with Gasteiger partial charge in [0.05, 0.1) is 5.92 Å². The van der Waals surface area contributed by atoms with E-state index in [0.29, 0.717) is 39.1 Å². The molecule has 0 aromatic heterocycles. The number of likely N-dealkylation sites (tertiary alicyclic amines) is 1. The van der Waals surface area contributed by atoms with E-state index in [1.807, 2.05) is 65.6 Å². The molecule has 27 heavy (non-hydrogen) atoms. The molecule has 1 unspecified atom stereocenters. The molecule has 2 aromatic rings. The fraction of sp³-hybridized carbons (Fsp3) is 0.364. The molecule has 3 rings (SSSR count). The molecule has 1 heterocycles. The molecule has 0 saturated carbocycles. The van der Waals surface area contributed by atoms with Gasteiger partial charge in [0.25, 0.3) is 0 Å². The second-order valence-electron chi connectivity index (χ2n) is 7.05. The Morgan fingerprint density at radius 1 is 1.04 bits per heavy atom. The minimum absolute atomic E-state index is 0.0516. The zero-order valence-electron chi connectivity index (χ0n) is 15.6. The largest absolute Gasteiger partial charge is 0.338 e. The van der Waals surface area contributed by atoms with Crippen molar-refractivity contribution < 1.29 is 9.59 Å². The average molecular weight is 365 g/mol. The van der Waals surface area contributed by atoms with Crippen LogP contribution in [0.5, 0.6) is 0 Å². The van der Waals surface area contributed by atoms with Gasteiger partial charge in [0.2, 0.25) is 11.8 Å². The van der Waals surface area contributed by atoms with E-state index in [4.69, 9.17) is 5.73 Å². The summed E-state index contributed by atoms with van der Waals surface area (Å²) >= 11 is 0. The van der Waals surface area contributed by atoms with Crippen molar-refractivity contribution in [2.75, 3.05) is 19.6 Å². The molecule has 0 aliphatic carbocycles. The summed E-state index contributed by atoms with van der Waals surface area (Å²) in [5.74, 6) is -0.172. The van der Waals surface area contributed by atoms with Crippen molar-refractivity contribution in [2.45, 2.75) is 25.9 Å². The van der Waals surface area contributed by atoms with Crippen LogP contribution >= 0.6 is 0 Å². The van der Waals surface area contributed by atoms with Gasteiger partial charge in [0, 0.05) is 32.6 Å². The molecular formula is C22H27N3O2. The minimum atomic E-state index is -0.275. The summed E-state index contributed by atoms with van der Waals surface area (Å²) in [6, 6.07) is 19.8. The summed E-state index contributed by atoms with van der Waals surface area (Å²) in [6.45, 7) is 2.77. The molecular weight excluding hydrogens is 338 g/mol. The van der Waals surface area contributed by atoms with Crippen molar-refractivity contribution in [3.63, 3.8) is 0 Å². The Hall–Kier alpha value is -2.66. The summed E-state index contributed by atoms with van der Waals surface area (Å²) in [7, 11) is 0. The van der Waals surface area contributed by atoms with Crippen LogP contribution < -0.4 is 5.73 Å². The maximum absolute atomic E-state index is 13.1. The standard InChI is InChI=1S/C22H27N3O2/c23-12-7-13-24(15-18-8-3-1-4-9-18)22(27)20-14-21(26)25(17-20)16-19-10-5-2-6-11-19/h1-6,8-11,20H,7,12-17,23H2. The van der Waals surface area contributed by atoms with Gasteiger partial charge < -0.3 is 15.5 Å². The summed E-state index contributed by atoms with van der Waals surface area (Å²) in [4.78, 5) is 29.2. The number of nitrogens with zero attached hydrogens (tertiary/aromatic N) is 2. The Morgan fingerprint density at radius 2 is 1.67 bits per heavy atom. The Kier molecular flexibility index (Phi) is 6.60. The molecule has 1 aliphatic heterocycles. The highest BCUT2D eigenvalue weighted by Crippen LogP contribution is 2.23. The van der Waals surface area contributed by atoms with E-state index in [-0.39, 0.29) is 17.7 Å². The quantitative estimate of drug-likeness (QED) is 0.781. The van der Waals surface area contributed by atoms with Crippen LogP contribution in [0, 0.1) is 5.92 Å². The predicted molar refractivity (Wildman–Crippen MR) is 105 cm³/mol. The molecule has 2 amide bonds. The van der Waals surface area contributed by atoms with Crippen molar-refractivity contribution in [3.8, 4) is 0 Å². The SMILES string of the molecule is NCCCN(Cc1ccccc1)C(=O)C1CC(=O)N(Cc2ccccc2)C1. The highest BCUT2D eigenvalue weighted by atomic mass is 16.2. The normalized spacial score (nSPS) is 16.6. The zero-order chi connectivity index (χ0) is 19.1. The van der Waals surface area contributed by atoms with Gasteiger partial charge in [0.15, 0.2) is 0 Å². The molecule has 5 heteroatoms. The van der Waals surface area contributed by atoms with Crippen molar-refractivity contribution in [3.05, 3.63) is 71.8 Å². The maximum Gasteiger partial charge on any atom is 0.228 e. The summed E-state index contributed by atoms with van der Waals surface area (Å²) in [5.41, 5.74) is 7.83. The fourth-order valence-electron chi connectivity index (χ4n) is 3.51. The van der Waals surface area contributed by atoms with Crippen LogP contribution in [0.1, 0.15) is 24.0 Å². The zero-order valence-corrected chi connectivity index (χ0v) is 15.6. The van der Waals surface area contributed by atoms with E-state index in [0.717, 1.165) is 17.5 Å². The first-order chi connectivity index (χ1) is 13.2. The third-order valence-electron chi connectivity index (χ3n) is 4.94. The van der Waals surface area contributed by atoms with E-state index >= 15 is 0 Å². The van der Waals surface area contributed by atoms with Gasteiger partial charge in [-0.1, -0.05) is 60.7 Å². The molecule has 0 radical (unpaired) electrons. The van der Waals surface area contributed by atoms with Gasteiger partial charge in [0.1, 0.15) is 0 Å². The van der Waals surface area contributed by atoms with E-state index in [9.17, 15) is 9.59 Å². The Balaban J connectivity index is 1.65. The van der Waals surface area contributed by atoms with Crippen molar-refractivity contribution in [1.82, 2.24) is 9.80 Å². The molecule has 1 aliphatic rings. The Labute approximate surface area is 160 Å². The molecule has 1 saturated heterocycles. The van der Waals surface area contributed by atoms with Crippen LogP contribution in [0.3, 0.4) is 0 Å². The second-order valence-corrected chi connectivity index (χ2v) is 7.05. The van der Waals surface area contributed by atoms with Crippen molar-refractivity contribution >= 4 is 11.8 Å². The maximum atomic E-state index is 13.1. The number of benzene rings is 2. The number of nitrogens with two attached hydrogens (primary N) is 1. The van der Waals surface area contributed by atoms with Crippen LogP contribution in [-0.4, -0.2) is 41.2 Å². The smallest absolute Gasteiger partial charge is 0.228 e. The van der Waals surface area contributed by atoms with Gasteiger partial charge in [-0.25, -0.2) is 0 Å². The van der Waals surface area contributed by atoms with Crippen LogP contribution in [-0.2, 0) is 22.7 Å². The van der Waals surface area contributed by atoms with Gasteiger partial charge in [-0.3, -0.25) is 9.59 Å². The molecule has 2 N–H and O–H groups in total. The number of rotatable bonds is 8. The third-order valence-corrected chi connectivity index (χ3v) is 4.94. The van der Waals surface area contributed by atoms with E-state index in [1.54, 1.807) is 4.90 Å². The molecule has 0 spiro atoms. The molecule has 142 valence electrons. The lowest BCUT2D eigenvalue weighted by molar-refractivity contribution is -0.136. The first-order valence-corrected chi connectivity index (χ1v) is 9.52. The number of amides is 2. The Bertz CT molecular complexity index is 749. The predicted octanol–water partition coefficient (Wildman–Crippen LogP) is 2.41. The summed E-state index contributed by atoms with van der Waals surface area (Å²) in [5, 5.41) is 0. The number of hydrogen-bond donors (Lipinski definition) is 1. The third kappa shape index (κ3) is 5.17. The highest BCUT2D eigenvalue weighted by molar-refractivity contribution is 5.89. The first-order valence-electron chi connectivity index (χ1n) is 9.52. The lowest BCUT2D eigenvalue weighted by atomic mass is 10.1. The average Bonchev–Trinajstić information content (AvgIpc) is 3.06. The van der Waals surface area contributed by atoms with Crippen LogP contribution in [0.15, 0.2) is 60.7 Å². The monoisotopic (exact) mass is 365 g/mol. The van der Waals surface area contributed by atoms with Crippen molar-refractivity contribution in [2.24, 2.45) is 11.7 Å². The molecule has 5 nitrogen and oxygen atoms in total. The molecule has 1 atom stereocenters. The summed E-state index contributed by atoms with van der Waals surface area (Å²) in [6.07, 6.45) is 1.05. The van der Waals surface area contributed by atoms with E-state index < -0.39 is 0 Å². The Morgan fingerprint density at radius 3 is 2.30 bits per heavy atom.